The number of carbonyl (C=O) groups excluding carboxylic acids is 3. The third-order valence-electron chi connectivity index (χ3n) is 1.91. The van der Waals surface area contributed by atoms with Gasteiger partial charge in [-0.05, 0) is 72.6 Å². The second-order valence-electron chi connectivity index (χ2n) is 4.39. The molecule has 0 amide bonds. The summed E-state index contributed by atoms with van der Waals surface area (Å²) in [5.74, 6) is -3.25. The van der Waals surface area contributed by atoms with Crippen molar-refractivity contribution < 1.29 is 66.6 Å². The average molecular weight is 494 g/mol. The number of carboxylic acids is 3. The molecule has 2 N–H and O–H groups in total. The largest absolute Gasteiger partial charge is 3.00 e. The Morgan fingerprint density at radius 3 is 0.783 bits per heavy atom. The van der Waals surface area contributed by atoms with Crippen LogP contribution < -0.4 is 26.0 Å². The number of aliphatic carboxylic acids is 3. The first-order chi connectivity index (χ1) is 10.2. The third kappa shape index (κ3) is 90.2. The van der Waals surface area contributed by atoms with Crippen molar-refractivity contribution in [1.82, 2.24) is 10.6 Å². The fourth-order valence-corrected chi connectivity index (χ4v) is 1.25. The van der Waals surface area contributed by atoms with Gasteiger partial charge in [0.25, 0.3) is 0 Å². The zero-order valence-corrected chi connectivity index (χ0v) is 15.5. The van der Waals surface area contributed by atoms with E-state index in [1.165, 1.54) is 51.9 Å². The van der Waals surface area contributed by atoms with Crippen LogP contribution in [0.4, 0.5) is 0 Å². The molecule has 0 bridgehead atoms. The van der Waals surface area contributed by atoms with Gasteiger partial charge in [0, 0.05) is 17.9 Å². The normalized spacial score (nSPS) is 13.7. The number of hydrogen-bond acceptors (Lipinski definition) is 8. The van der Waals surface area contributed by atoms with Gasteiger partial charge in [-0.1, -0.05) is 0 Å². The Morgan fingerprint density at radius 1 is 0.609 bits per heavy atom. The molecular formula is C14H27LuN2O6. The van der Waals surface area contributed by atoms with Gasteiger partial charge in [0.2, 0.25) is 0 Å². The summed E-state index contributed by atoms with van der Waals surface area (Å²) in [6, 6.07) is 0. The van der Waals surface area contributed by atoms with Crippen LogP contribution in [0.3, 0.4) is 0 Å². The maximum atomic E-state index is 8.89. The maximum Gasteiger partial charge on any atom is 3.00 e. The third-order valence-corrected chi connectivity index (χ3v) is 1.91. The summed E-state index contributed by atoms with van der Waals surface area (Å²) in [4.78, 5) is 26.7. The Bertz CT molecular complexity index is 217. The molecule has 0 aromatic heterocycles. The van der Waals surface area contributed by atoms with E-state index in [0.717, 1.165) is 20.8 Å². The summed E-state index contributed by atoms with van der Waals surface area (Å²) in [6.45, 7) is 7.92. The Balaban J connectivity index is -0.0000000978. The molecule has 9 heteroatoms. The van der Waals surface area contributed by atoms with Gasteiger partial charge in [0.1, 0.15) is 0 Å². The number of nitrogens with one attached hydrogen (secondary N) is 2. The van der Waals surface area contributed by atoms with Crippen molar-refractivity contribution in [2.24, 2.45) is 0 Å². The molecule has 2 aliphatic rings. The van der Waals surface area contributed by atoms with Gasteiger partial charge in [-0.2, -0.15) is 0 Å². The number of hydrogen-bond donors (Lipinski definition) is 2. The quantitative estimate of drug-likeness (QED) is 0.363. The standard InChI is InChI=1S/2C4H9N.3C2H4O2.Lu/c2*1-2-4-5-3-1;3*1-2(3)4;/h2*5H,1-4H2;3*1H3,(H,3,4);/q;;;;;+3/p-3. The molecule has 2 heterocycles. The molecule has 0 aliphatic carbocycles. The molecule has 0 spiro atoms. The molecule has 0 atom stereocenters. The molecule has 144 valence electrons. The van der Waals surface area contributed by atoms with E-state index < -0.39 is 17.9 Å². The summed E-state index contributed by atoms with van der Waals surface area (Å²) in [6.07, 6.45) is 5.56. The van der Waals surface area contributed by atoms with Crippen molar-refractivity contribution in [1.29, 1.82) is 0 Å². The molecule has 2 aliphatic heterocycles. The van der Waals surface area contributed by atoms with E-state index in [2.05, 4.69) is 10.6 Å². The predicted molar refractivity (Wildman–Crippen MR) is 76.3 cm³/mol. The second-order valence-corrected chi connectivity index (χ2v) is 4.39. The molecule has 0 aromatic rings. The van der Waals surface area contributed by atoms with Crippen LogP contribution in [-0.4, -0.2) is 44.1 Å². The zero-order chi connectivity index (χ0) is 17.8. The molecule has 23 heavy (non-hydrogen) atoms. The van der Waals surface area contributed by atoms with E-state index in [1.807, 2.05) is 0 Å². The van der Waals surface area contributed by atoms with Gasteiger partial charge in [-0.25, -0.2) is 0 Å². The van der Waals surface area contributed by atoms with Crippen molar-refractivity contribution >= 4 is 17.9 Å². The van der Waals surface area contributed by atoms with E-state index >= 15 is 0 Å². The molecule has 0 radical (unpaired) electrons. The van der Waals surface area contributed by atoms with E-state index in [4.69, 9.17) is 29.7 Å². The first-order valence-corrected chi connectivity index (χ1v) is 7.14. The van der Waals surface area contributed by atoms with E-state index in [-0.39, 0.29) is 36.9 Å². The van der Waals surface area contributed by atoms with Crippen LogP contribution in [0.1, 0.15) is 46.5 Å². The zero-order valence-electron chi connectivity index (χ0n) is 13.9. The first kappa shape index (κ1) is 30.4. The summed E-state index contributed by atoms with van der Waals surface area (Å²) >= 11 is 0. The van der Waals surface area contributed by atoms with Crippen LogP contribution in [0.5, 0.6) is 0 Å². The monoisotopic (exact) mass is 494 g/mol. The predicted octanol–water partition coefficient (Wildman–Crippen LogP) is -2.99. The van der Waals surface area contributed by atoms with Gasteiger partial charge in [-0.3, -0.25) is 0 Å². The van der Waals surface area contributed by atoms with Gasteiger partial charge >= 0.3 is 36.9 Å². The molecule has 2 fully saturated rings. The SMILES string of the molecule is C1CCNC1.C1CCNC1.CC(=O)[O-].CC(=O)[O-].CC(=O)[O-].[Lu+3]. The van der Waals surface area contributed by atoms with Crippen LogP contribution in [0, 0.1) is 36.9 Å². The van der Waals surface area contributed by atoms with Crippen molar-refractivity contribution in [2.45, 2.75) is 46.5 Å². The van der Waals surface area contributed by atoms with Crippen LogP contribution in [0.2, 0.25) is 0 Å². The van der Waals surface area contributed by atoms with Crippen molar-refractivity contribution in [2.75, 3.05) is 26.2 Å². The van der Waals surface area contributed by atoms with E-state index in [1.54, 1.807) is 0 Å². The van der Waals surface area contributed by atoms with E-state index in [0.29, 0.717) is 0 Å². The van der Waals surface area contributed by atoms with Crippen molar-refractivity contribution in [3.63, 3.8) is 0 Å². The number of carboxylic acid groups (broad SMARTS) is 3. The van der Waals surface area contributed by atoms with Crippen LogP contribution in [0.25, 0.3) is 0 Å². The fourth-order valence-electron chi connectivity index (χ4n) is 1.25. The second kappa shape index (κ2) is 26.5. The van der Waals surface area contributed by atoms with Gasteiger partial charge in [0.15, 0.2) is 0 Å². The number of rotatable bonds is 0. The Hall–Kier alpha value is -0.436. The van der Waals surface area contributed by atoms with Crippen molar-refractivity contribution in [3.05, 3.63) is 0 Å². The molecule has 2 saturated heterocycles. The molecular weight excluding hydrogens is 467 g/mol. The minimum atomic E-state index is -1.08. The van der Waals surface area contributed by atoms with Crippen LogP contribution in [0.15, 0.2) is 0 Å². The summed E-state index contributed by atoms with van der Waals surface area (Å²) < 4.78 is 0. The Labute approximate surface area is 167 Å². The Kier molecular flexibility index (Phi) is 35.0. The van der Waals surface area contributed by atoms with Crippen LogP contribution >= 0.6 is 0 Å². The van der Waals surface area contributed by atoms with E-state index in [9.17, 15) is 0 Å². The summed E-state index contributed by atoms with van der Waals surface area (Å²) in [5, 5.41) is 33.1. The van der Waals surface area contributed by atoms with Gasteiger partial charge in [0.05, 0.1) is 0 Å². The Morgan fingerprint density at radius 2 is 0.739 bits per heavy atom. The molecule has 8 nitrogen and oxygen atoms in total. The number of carbonyl (C=O) groups is 3. The molecule has 2 rings (SSSR count). The maximum absolute atomic E-state index is 8.89. The van der Waals surface area contributed by atoms with Gasteiger partial charge < -0.3 is 40.3 Å². The fraction of sp³-hybridized carbons (Fsp3) is 0.786. The molecule has 0 aromatic carbocycles. The summed E-state index contributed by atoms with van der Waals surface area (Å²) in [7, 11) is 0. The topological polar surface area (TPSA) is 144 Å². The smallest absolute Gasteiger partial charge is 0.550 e. The average Bonchev–Trinajstić information content (AvgIpc) is 3.06. The minimum absolute atomic E-state index is 0. The van der Waals surface area contributed by atoms with Crippen molar-refractivity contribution in [3.8, 4) is 0 Å². The van der Waals surface area contributed by atoms with Crippen LogP contribution in [-0.2, 0) is 14.4 Å². The molecule has 0 saturated carbocycles. The summed E-state index contributed by atoms with van der Waals surface area (Å²) in [5.41, 5.74) is 0. The van der Waals surface area contributed by atoms with Gasteiger partial charge in [-0.15, -0.1) is 0 Å². The minimum Gasteiger partial charge on any atom is -0.550 e. The first-order valence-electron chi connectivity index (χ1n) is 7.14. The molecule has 0 unspecified atom stereocenters.